The fraction of sp³-hybridized carbons (Fsp3) is 0.158. The van der Waals surface area contributed by atoms with Crippen LogP contribution < -0.4 is 5.32 Å². The van der Waals surface area contributed by atoms with Crippen LogP contribution in [0, 0.1) is 11.3 Å². The molecule has 7 nitrogen and oxygen atoms in total. The van der Waals surface area contributed by atoms with Gasteiger partial charge in [-0.15, -0.1) is 0 Å². The zero-order chi connectivity index (χ0) is 18.9. The summed E-state index contributed by atoms with van der Waals surface area (Å²) in [6.45, 7) is -0.506. The third kappa shape index (κ3) is 4.92. The average Bonchev–Trinajstić information content (AvgIpc) is 2.67. The molecule has 1 N–H and O–H groups in total. The summed E-state index contributed by atoms with van der Waals surface area (Å²) in [6.07, 6.45) is 0.283. The van der Waals surface area contributed by atoms with Gasteiger partial charge in [-0.2, -0.15) is 5.26 Å². The smallest absolute Gasteiger partial charge is 0.339 e. The molecule has 26 heavy (non-hydrogen) atoms. The van der Waals surface area contributed by atoms with Crippen molar-refractivity contribution in [1.29, 1.82) is 5.26 Å². The summed E-state index contributed by atoms with van der Waals surface area (Å²) < 4.78 is 9.57. The molecule has 0 spiro atoms. The van der Waals surface area contributed by atoms with Gasteiger partial charge >= 0.3 is 11.9 Å². The molecule has 2 aromatic carbocycles. The maximum atomic E-state index is 12.1. The first-order valence-corrected chi connectivity index (χ1v) is 7.65. The number of hydrogen-bond acceptors (Lipinski definition) is 6. The van der Waals surface area contributed by atoms with Crippen molar-refractivity contribution in [2.75, 3.05) is 19.0 Å². The second kappa shape index (κ2) is 8.99. The molecule has 0 aliphatic rings. The lowest BCUT2D eigenvalue weighted by Crippen LogP contribution is -2.22. The van der Waals surface area contributed by atoms with Crippen LogP contribution in [-0.2, 0) is 20.7 Å². The van der Waals surface area contributed by atoms with E-state index in [1.54, 1.807) is 36.4 Å². The van der Waals surface area contributed by atoms with E-state index in [9.17, 15) is 14.4 Å². The van der Waals surface area contributed by atoms with Crippen LogP contribution in [0.5, 0.6) is 0 Å². The molecule has 0 radical (unpaired) electrons. The quantitative estimate of drug-likeness (QED) is 0.800. The standard InChI is InChI=1S/C19H16N2O5/c1-25-18(23)15-4-2-3-5-16(15)19(24)26-12-17(22)21-14-8-6-13(7-9-14)10-11-20/h2-9H,10,12H2,1H3,(H,21,22). The minimum Gasteiger partial charge on any atom is -0.465 e. The van der Waals surface area contributed by atoms with Gasteiger partial charge in [0.2, 0.25) is 0 Å². The summed E-state index contributed by atoms with van der Waals surface area (Å²) in [5.74, 6) is -1.99. The van der Waals surface area contributed by atoms with E-state index in [1.165, 1.54) is 19.2 Å². The summed E-state index contributed by atoms with van der Waals surface area (Å²) in [5, 5.41) is 11.2. The summed E-state index contributed by atoms with van der Waals surface area (Å²) in [6, 6.07) is 14.8. The topological polar surface area (TPSA) is 105 Å². The Kier molecular flexibility index (Phi) is 6.46. The minimum atomic E-state index is -0.800. The predicted octanol–water partition coefficient (Wildman–Crippen LogP) is 2.33. The van der Waals surface area contributed by atoms with Gasteiger partial charge in [0.1, 0.15) is 0 Å². The van der Waals surface area contributed by atoms with E-state index >= 15 is 0 Å². The highest BCUT2D eigenvalue weighted by atomic mass is 16.5. The van der Waals surface area contributed by atoms with Crippen molar-refractivity contribution in [2.24, 2.45) is 0 Å². The number of amides is 1. The molecule has 132 valence electrons. The first-order valence-electron chi connectivity index (χ1n) is 7.65. The normalized spacial score (nSPS) is 9.69. The number of nitriles is 1. The first kappa shape index (κ1) is 18.7. The van der Waals surface area contributed by atoms with Gasteiger partial charge in [-0.1, -0.05) is 24.3 Å². The number of hydrogen-bond donors (Lipinski definition) is 1. The number of nitrogens with one attached hydrogen (secondary N) is 1. The van der Waals surface area contributed by atoms with Gasteiger partial charge in [0.15, 0.2) is 6.61 Å². The maximum Gasteiger partial charge on any atom is 0.339 e. The number of carbonyl (C=O) groups is 3. The van der Waals surface area contributed by atoms with Crippen molar-refractivity contribution < 1.29 is 23.9 Å². The third-order valence-electron chi connectivity index (χ3n) is 3.41. The van der Waals surface area contributed by atoms with Crippen LogP contribution in [0.1, 0.15) is 26.3 Å². The van der Waals surface area contributed by atoms with Gasteiger partial charge in [-0.3, -0.25) is 4.79 Å². The van der Waals surface area contributed by atoms with Gasteiger partial charge in [0.05, 0.1) is 30.7 Å². The van der Waals surface area contributed by atoms with Gasteiger partial charge in [0, 0.05) is 5.69 Å². The van der Waals surface area contributed by atoms with E-state index in [4.69, 9.17) is 10.00 Å². The van der Waals surface area contributed by atoms with Gasteiger partial charge in [-0.05, 0) is 29.8 Å². The van der Waals surface area contributed by atoms with Crippen molar-refractivity contribution in [3.8, 4) is 6.07 Å². The number of methoxy groups -OCH3 is 1. The summed E-state index contributed by atoms with van der Waals surface area (Å²) in [7, 11) is 1.21. The molecule has 0 heterocycles. The van der Waals surface area contributed by atoms with Crippen LogP contribution in [0.25, 0.3) is 0 Å². The Hall–Kier alpha value is -3.66. The molecule has 2 rings (SSSR count). The second-order valence-corrected chi connectivity index (χ2v) is 5.19. The molecule has 0 unspecified atom stereocenters. The Morgan fingerprint density at radius 3 is 2.19 bits per heavy atom. The highest BCUT2D eigenvalue weighted by Gasteiger charge is 2.19. The number of carbonyl (C=O) groups excluding carboxylic acids is 3. The molecule has 0 fully saturated rings. The largest absolute Gasteiger partial charge is 0.465 e. The lowest BCUT2D eigenvalue weighted by Gasteiger charge is -2.09. The third-order valence-corrected chi connectivity index (χ3v) is 3.41. The number of nitrogens with zero attached hydrogens (tertiary/aromatic N) is 1. The molecule has 0 aliphatic heterocycles. The van der Waals surface area contributed by atoms with Crippen LogP contribution in [0.3, 0.4) is 0 Å². The molecule has 0 aromatic heterocycles. The van der Waals surface area contributed by atoms with Crippen molar-refractivity contribution >= 4 is 23.5 Å². The van der Waals surface area contributed by atoms with E-state index in [-0.39, 0.29) is 17.5 Å². The summed E-state index contributed by atoms with van der Waals surface area (Å²) in [4.78, 5) is 35.7. The molecular formula is C19H16N2O5. The number of ether oxygens (including phenoxy) is 2. The lowest BCUT2D eigenvalue weighted by molar-refractivity contribution is -0.119. The van der Waals surface area contributed by atoms with E-state index in [0.29, 0.717) is 5.69 Å². The van der Waals surface area contributed by atoms with Crippen LogP contribution in [0.15, 0.2) is 48.5 Å². The molecule has 0 saturated carbocycles. The van der Waals surface area contributed by atoms with Gasteiger partial charge in [0.25, 0.3) is 5.91 Å². The molecular weight excluding hydrogens is 336 g/mol. The Morgan fingerprint density at radius 1 is 1.00 bits per heavy atom. The van der Waals surface area contributed by atoms with Gasteiger partial charge < -0.3 is 14.8 Å². The van der Waals surface area contributed by atoms with Crippen molar-refractivity contribution in [2.45, 2.75) is 6.42 Å². The fourth-order valence-corrected chi connectivity index (χ4v) is 2.15. The maximum absolute atomic E-state index is 12.1. The Morgan fingerprint density at radius 2 is 1.62 bits per heavy atom. The second-order valence-electron chi connectivity index (χ2n) is 5.19. The van der Waals surface area contributed by atoms with E-state index in [2.05, 4.69) is 10.1 Å². The average molecular weight is 352 g/mol. The molecule has 0 bridgehead atoms. The highest BCUT2D eigenvalue weighted by Crippen LogP contribution is 2.12. The zero-order valence-electron chi connectivity index (χ0n) is 14.0. The van der Waals surface area contributed by atoms with Gasteiger partial charge in [-0.25, -0.2) is 9.59 Å². The van der Waals surface area contributed by atoms with Crippen LogP contribution >= 0.6 is 0 Å². The number of anilines is 1. The van der Waals surface area contributed by atoms with Crippen molar-refractivity contribution in [3.05, 3.63) is 65.2 Å². The molecule has 2 aromatic rings. The number of esters is 2. The summed E-state index contributed by atoms with van der Waals surface area (Å²) >= 11 is 0. The number of rotatable bonds is 6. The van der Waals surface area contributed by atoms with E-state index < -0.39 is 24.5 Å². The molecule has 1 amide bonds. The minimum absolute atomic E-state index is 0.0213. The lowest BCUT2D eigenvalue weighted by atomic mass is 10.1. The Labute approximate surface area is 150 Å². The fourth-order valence-electron chi connectivity index (χ4n) is 2.15. The van der Waals surface area contributed by atoms with Crippen LogP contribution in [-0.4, -0.2) is 31.6 Å². The Bertz CT molecular complexity index is 853. The Balaban J connectivity index is 1.94. The van der Waals surface area contributed by atoms with E-state index in [0.717, 1.165) is 5.56 Å². The van der Waals surface area contributed by atoms with Crippen LogP contribution in [0.2, 0.25) is 0 Å². The monoisotopic (exact) mass is 352 g/mol. The van der Waals surface area contributed by atoms with E-state index in [1.807, 2.05) is 6.07 Å². The molecule has 0 aliphatic carbocycles. The van der Waals surface area contributed by atoms with Crippen molar-refractivity contribution in [1.82, 2.24) is 0 Å². The van der Waals surface area contributed by atoms with Crippen molar-refractivity contribution in [3.63, 3.8) is 0 Å². The summed E-state index contributed by atoms with van der Waals surface area (Å²) in [5.41, 5.74) is 1.43. The molecule has 0 atom stereocenters. The SMILES string of the molecule is COC(=O)c1ccccc1C(=O)OCC(=O)Nc1ccc(CC#N)cc1. The highest BCUT2D eigenvalue weighted by molar-refractivity contribution is 6.04. The number of benzene rings is 2. The molecule has 0 saturated heterocycles. The predicted molar refractivity (Wildman–Crippen MR) is 92.5 cm³/mol. The zero-order valence-corrected chi connectivity index (χ0v) is 14.0. The first-order chi connectivity index (χ1) is 12.5. The van der Waals surface area contributed by atoms with Crippen LogP contribution in [0.4, 0.5) is 5.69 Å². The molecule has 7 heteroatoms.